The van der Waals surface area contributed by atoms with Crippen LogP contribution in [0, 0.1) is 0 Å². The fraction of sp³-hybridized carbons (Fsp3) is 0.625. The van der Waals surface area contributed by atoms with Gasteiger partial charge >= 0.3 is 0 Å². The van der Waals surface area contributed by atoms with Gasteiger partial charge in [-0.1, -0.05) is 18.2 Å². The van der Waals surface area contributed by atoms with Crippen molar-refractivity contribution in [2.75, 3.05) is 20.3 Å². The van der Waals surface area contributed by atoms with Gasteiger partial charge in [0.15, 0.2) is 0 Å². The first kappa shape index (κ1) is 14.5. The number of nitrogens with one attached hydrogen (secondary N) is 1. The highest BCUT2D eigenvalue weighted by Gasteiger charge is 2.18. The molecule has 106 valence electrons. The Hall–Kier alpha value is -0.900. The van der Waals surface area contributed by atoms with Gasteiger partial charge in [0.05, 0.1) is 12.7 Å². The van der Waals surface area contributed by atoms with Crippen LogP contribution in [0.4, 0.5) is 0 Å². The van der Waals surface area contributed by atoms with Gasteiger partial charge in [0.1, 0.15) is 0 Å². The fourth-order valence-corrected chi connectivity index (χ4v) is 2.73. The lowest BCUT2D eigenvalue weighted by molar-refractivity contribution is 0.126. The number of aryl methyl sites for hydroxylation is 2. The molecule has 1 aromatic carbocycles. The maximum Gasteiger partial charge on any atom is 0.0940 e. The van der Waals surface area contributed by atoms with E-state index in [1.165, 1.54) is 30.4 Å². The summed E-state index contributed by atoms with van der Waals surface area (Å²) >= 11 is 0. The molecule has 0 radical (unpaired) electrons. The van der Waals surface area contributed by atoms with Crippen molar-refractivity contribution in [3.63, 3.8) is 0 Å². The molecule has 0 saturated carbocycles. The first-order chi connectivity index (χ1) is 9.22. The number of benzene rings is 1. The van der Waals surface area contributed by atoms with E-state index in [-0.39, 0.29) is 6.04 Å². The largest absolute Gasteiger partial charge is 0.387 e. The number of aliphatic hydroxyl groups is 1. The molecule has 0 aliphatic heterocycles. The van der Waals surface area contributed by atoms with E-state index in [0.29, 0.717) is 6.61 Å². The zero-order chi connectivity index (χ0) is 13.7. The van der Waals surface area contributed by atoms with Gasteiger partial charge in [-0.15, -0.1) is 0 Å². The second-order valence-corrected chi connectivity index (χ2v) is 5.42. The molecule has 3 heteroatoms. The Balaban J connectivity index is 2.00. The van der Waals surface area contributed by atoms with Gasteiger partial charge in [0.2, 0.25) is 0 Å². The number of rotatable bonds is 6. The van der Waals surface area contributed by atoms with Crippen molar-refractivity contribution in [3.05, 3.63) is 34.9 Å². The Kier molecular flexibility index (Phi) is 5.37. The number of ether oxygens (including phenoxy) is 1. The molecule has 3 nitrogen and oxygen atoms in total. The Bertz CT molecular complexity index is 406. The van der Waals surface area contributed by atoms with E-state index in [4.69, 9.17) is 4.74 Å². The lowest BCUT2D eigenvalue weighted by Gasteiger charge is -2.23. The van der Waals surface area contributed by atoms with Crippen LogP contribution in [-0.4, -0.2) is 31.4 Å². The second kappa shape index (κ2) is 7.04. The van der Waals surface area contributed by atoms with Crippen LogP contribution in [0.2, 0.25) is 0 Å². The summed E-state index contributed by atoms with van der Waals surface area (Å²) in [4.78, 5) is 0. The van der Waals surface area contributed by atoms with E-state index >= 15 is 0 Å². The van der Waals surface area contributed by atoms with Crippen molar-refractivity contribution >= 4 is 0 Å². The van der Waals surface area contributed by atoms with Crippen LogP contribution in [0.25, 0.3) is 0 Å². The standard InChI is InChI=1S/C16H25NO2/c1-12(17-9-10-19-2)16(18)15-8-7-13-5-3-4-6-14(13)11-15/h7-8,11-12,16-18H,3-6,9-10H2,1-2H3. The summed E-state index contributed by atoms with van der Waals surface area (Å²) in [6, 6.07) is 6.49. The Morgan fingerprint density at radius 2 is 2.00 bits per heavy atom. The van der Waals surface area contributed by atoms with Gasteiger partial charge in [-0.3, -0.25) is 0 Å². The van der Waals surface area contributed by atoms with Crippen molar-refractivity contribution in [2.24, 2.45) is 0 Å². The van der Waals surface area contributed by atoms with Gasteiger partial charge in [-0.05, 0) is 49.3 Å². The van der Waals surface area contributed by atoms with Gasteiger partial charge in [-0.2, -0.15) is 0 Å². The molecule has 0 fully saturated rings. The maximum absolute atomic E-state index is 10.4. The van der Waals surface area contributed by atoms with E-state index in [2.05, 4.69) is 23.5 Å². The van der Waals surface area contributed by atoms with E-state index in [1.807, 2.05) is 6.92 Å². The Morgan fingerprint density at radius 1 is 1.26 bits per heavy atom. The van der Waals surface area contributed by atoms with Crippen molar-refractivity contribution in [2.45, 2.75) is 44.8 Å². The molecule has 2 atom stereocenters. The Morgan fingerprint density at radius 3 is 2.74 bits per heavy atom. The average Bonchev–Trinajstić information content (AvgIpc) is 2.46. The van der Waals surface area contributed by atoms with E-state index < -0.39 is 6.10 Å². The highest BCUT2D eigenvalue weighted by molar-refractivity contribution is 5.35. The number of hydrogen-bond donors (Lipinski definition) is 2. The number of methoxy groups -OCH3 is 1. The molecule has 2 rings (SSSR count). The van der Waals surface area contributed by atoms with E-state index in [0.717, 1.165) is 18.5 Å². The third kappa shape index (κ3) is 3.78. The second-order valence-electron chi connectivity index (χ2n) is 5.42. The van der Waals surface area contributed by atoms with Crippen LogP contribution in [0.3, 0.4) is 0 Å². The fourth-order valence-electron chi connectivity index (χ4n) is 2.73. The summed E-state index contributed by atoms with van der Waals surface area (Å²) in [5.74, 6) is 0. The summed E-state index contributed by atoms with van der Waals surface area (Å²) in [5, 5.41) is 13.7. The number of hydrogen-bond acceptors (Lipinski definition) is 3. The molecule has 1 aliphatic rings. The maximum atomic E-state index is 10.4. The van der Waals surface area contributed by atoms with Crippen LogP contribution in [0.15, 0.2) is 18.2 Å². The molecule has 0 aromatic heterocycles. The number of aliphatic hydroxyl groups excluding tert-OH is 1. The minimum absolute atomic E-state index is 0.0387. The van der Waals surface area contributed by atoms with Gasteiger partial charge < -0.3 is 15.2 Å². The van der Waals surface area contributed by atoms with Crippen molar-refractivity contribution in [1.29, 1.82) is 0 Å². The molecule has 0 heterocycles. The van der Waals surface area contributed by atoms with Crippen molar-refractivity contribution < 1.29 is 9.84 Å². The first-order valence-corrected chi connectivity index (χ1v) is 7.24. The third-order valence-corrected chi connectivity index (χ3v) is 3.96. The quantitative estimate of drug-likeness (QED) is 0.773. The van der Waals surface area contributed by atoms with Gasteiger partial charge in [0.25, 0.3) is 0 Å². The minimum atomic E-state index is -0.455. The van der Waals surface area contributed by atoms with Crippen molar-refractivity contribution in [1.82, 2.24) is 5.32 Å². The van der Waals surface area contributed by atoms with Crippen LogP contribution >= 0.6 is 0 Å². The zero-order valence-corrected chi connectivity index (χ0v) is 12.0. The smallest absolute Gasteiger partial charge is 0.0940 e. The van der Waals surface area contributed by atoms with Crippen molar-refractivity contribution in [3.8, 4) is 0 Å². The summed E-state index contributed by atoms with van der Waals surface area (Å²) in [6.07, 6.45) is 4.45. The van der Waals surface area contributed by atoms with Crippen LogP contribution in [0.5, 0.6) is 0 Å². The molecule has 19 heavy (non-hydrogen) atoms. The molecule has 1 aliphatic carbocycles. The number of fused-ring (bicyclic) bond motifs is 1. The molecule has 2 N–H and O–H groups in total. The first-order valence-electron chi connectivity index (χ1n) is 7.24. The lowest BCUT2D eigenvalue weighted by Crippen LogP contribution is -2.34. The zero-order valence-electron chi connectivity index (χ0n) is 12.0. The third-order valence-electron chi connectivity index (χ3n) is 3.96. The van der Waals surface area contributed by atoms with Gasteiger partial charge in [0, 0.05) is 19.7 Å². The lowest BCUT2D eigenvalue weighted by atomic mass is 9.89. The average molecular weight is 263 g/mol. The van der Waals surface area contributed by atoms with Crippen LogP contribution in [-0.2, 0) is 17.6 Å². The summed E-state index contributed by atoms with van der Waals surface area (Å²) in [7, 11) is 1.69. The normalized spacial score (nSPS) is 17.8. The van der Waals surface area contributed by atoms with Crippen LogP contribution < -0.4 is 5.32 Å². The minimum Gasteiger partial charge on any atom is -0.387 e. The summed E-state index contributed by atoms with van der Waals surface area (Å²) in [6.45, 7) is 3.45. The summed E-state index contributed by atoms with van der Waals surface area (Å²) in [5.41, 5.74) is 3.91. The highest BCUT2D eigenvalue weighted by Crippen LogP contribution is 2.25. The molecule has 1 aromatic rings. The molecule has 0 amide bonds. The van der Waals surface area contributed by atoms with E-state index in [1.54, 1.807) is 7.11 Å². The monoisotopic (exact) mass is 263 g/mol. The van der Waals surface area contributed by atoms with Crippen LogP contribution in [0.1, 0.15) is 42.6 Å². The molecule has 2 unspecified atom stereocenters. The molecule has 0 bridgehead atoms. The summed E-state index contributed by atoms with van der Waals surface area (Å²) < 4.78 is 5.01. The molecular weight excluding hydrogens is 238 g/mol. The molecule has 0 spiro atoms. The topological polar surface area (TPSA) is 41.5 Å². The van der Waals surface area contributed by atoms with Gasteiger partial charge in [-0.25, -0.2) is 0 Å². The molecule has 0 saturated heterocycles. The predicted molar refractivity (Wildman–Crippen MR) is 77.4 cm³/mol. The predicted octanol–water partition coefficient (Wildman–Crippen LogP) is 2.22. The SMILES string of the molecule is COCCNC(C)C(O)c1ccc2c(c1)CCCC2. The van der Waals surface area contributed by atoms with E-state index in [9.17, 15) is 5.11 Å². The highest BCUT2D eigenvalue weighted by atomic mass is 16.5. The molecular formula is C16H25NO2. The Labute approximate surface area is 116 Å².